The van der Waals surface area contributed by atoms with Crippen LogP contribution in [-0.2, 0) is 0 Å². The first kappa shape index (κ1) is 15.2. The molecule has 1 unspecified atom stereocenters. The SMILES string of the molecule is CC(C)(C)C1CCCN(c2cccnc2C(N)=S)CC1. The molecule has 110 valence electrons. The lowest BCUT2D eigenvalue weighted by Gasteiger charge is -2.30. The molecule has 1 aliphatic heterocycles. The molecule has 0 amide bonds. The minimum atomic E-state index is 0.386. The highest BCUT2D eigenvalue weighted by atomic mass is 32.1. The summed E-state index contributed by atoms with van der Waals surface area (Å²) in [5.41, 5.74) is 8.04. The van der Waals surface area contributed by atoms with Crippen molar-refractivity contribution in [1.29, 1.82) is 0 Å². The summed E-state index contributed by atoms with van der Waals surface area (Å²) in [5.74, 6) is 0.775. The van der Waals surface area contributed by atoms with Crippen LogP contribution in [0.1, 0.15) is 45.7 Å². The van der Waals surface area contributed by atoms with Crippen LogP contribution in [-0.4, -0.2) is 23.1 Å². The number of hydrogen-bond donors (Lipinski definition) is 1. The van der Waals surface area contributed by atoms with Crippen LogP contribution >= 0.6 is 12.2 Å². The van der Waals surface area contributed by atoms with E-state index in [-0.39, 0.29) is 0 Å². The molecule has 3 nitrogen and oxygen atoms in total. The Morgan fingerprint density at radius 3 is 2.75 bits per heavy atom. The van der Waals surface area contributed by atoms with Gasteiger partial charge in [-0.15, -0.1) is 0 Å². The van der Waals surface area contributed by atoms with E-state index in [1.807, 2.05) is 6.07 Å². The van der Waals surface area contributed by atoms with Crippen LogP contribution in [0.5, 0.6) is 0 Å². The molecule has 0 bridgehead atoms. The van der Waals surface area contributed by atoms with E-state index < -0.39 is 0 Å². The van der Waals surface area contributed by atoms with Crippen LogP contribution in [0.3, 0.4) is 0 Å². The summed E-state index contributed by atoms with van der Waals surface area (Å²) in [7, 11) is 0. The molecule has 0 saturated carbocycles. The summed E-state index contributed by atoms with van der Waals surface area (Å²) in [4.78, 5) is 7.13. The zero-order chi connectivity index (χ0) is 14.8. The molecule has 20 heavy (non-hydrogen) atoms. The number of aromatic nitrogens is 1. The molecule has 0 radical (unpaired) electrons. The van der Waals surface area contributed by atoms with Gasteiger partial charge >= 0.3 is 0 Å². The van der Waals surface area contributed by atoms with Gasteiger partial charge in [0, 0.05) is 19.3 Å². The maximum atomic E-state index is 5.80. The average molecular weight is 291 g/mol. The first-order valence-electron chi connectivity index (χ1n) is 7.39. The number of nitrogens with zero attached hydrogens (tertiary/aromatic N) is 2. The number of thiocarbonyl (C=S) groups is 1. The number of hydrogen-bond acceptors (Lipinski definition) is 3. The first-order valence-corrected chi connectivity index (χ1v) is 7.80. The van der Waals surface area contributed by atoms with Crippen molar-refractivity contribution >= 4 is 22.9 Å². The standard InChI is InChI=1S/C16H25N3S/c1-16(2,3)12-6-5-10-19(11-8-12)13-7-4-9-18-14(13)15(17)20/h4,7,9,12H,5-6,8,10-11H2,1-3H3,(H2,17,20). The number of pyridine rings is 1. The topological polar surface area (TPSA) is 42.2 Å². The van der Waals surface area contributed by atoms with Gasteiger partial charge in [-0.05, 0) is 42.7 Å². The van der Waals surface area contributed by atoms with E-state index in [2.05, 4.69) is 36.7 Å². The second-order valence-electron chi connectivity index (χ2n) is 6.72. The highest BCUT2D eigenvalue weighted by Gasteiger charge is 2.27. The van der Waals surface area contributed by atoms with Crippen molar-refractivity contribution in [2.45, 2.75) is 40.0 Å². The Kier molecular flexibility index (Phi) is 4.63. The maximum Gasteiger partial charge on any atom is 0.124 e. The van der Waals surface area contributed by atoms with Gasteiger partial charge in [0.25, 0.3) is 0 Å². The van der Waals surface area contributed by atoms with E-state index in [0.717, 1.165) is 30.4 Å². The lowest BCUT2D eigenvalue weighted by atomic mass is 9.77. The van der Waals surface area contributed by atoms with E-state index in [9.17, 15) is 0 Å². The molecular formula is C16H25N3S. The van der Waals surface area contributed by atoms with Crippen LogP contribution in [0.4, 0.5) is 5.69 Å². The molecule has 1 atom stereocenters. The summed E-state index contributed by atoms with van der Waals surface area (Å²) in [6.45, 7) is 9.16. The second kappa shape index (κ2) is 6.08. The summed E-state index contributed by atoms with van der Waals surface area (Å²) >= 11 is 5.12. The summed E-state index contributed by atoms with van der Waals surface area (Å²) in [6.07, 6.45) is 5.49. The van der Waals surface area contributed by atoms with Gasteiger partial charge in [0.05, 0.1) is 5.69 Å². The molecular weight excluding hydrogens is 266 g/mol. The number of nitrogens with two attached hydrogens (primary N) is 1. The third-order valence-electron chi connectivity index (χ3n) is 4.31. The smallest absolute Gasteiger partial charge is 0.124 e. The Morgan fingerprint density at radius 1 is 1.35 bits per heavy atom. The summed E-state index contributed by atoms with van der Waals surface area (Å²) in [5, 5.41) is 0. The highest BCUT2D eigenvalue weighted by Crippen LogP contribution is 2.35. The zero-order valence-electron chi connectivity index (χ0n) is 12.7. The Labute approximate surface area is 127 Å². The van der Waals surface area contributed by atoms with Gasteiger partial charge in [-0.3, -0.25) is 4.98 Å². The van der Waals surface area contributed by atoms with Gasteiger partial charge in [0.2, 0.25) is 0 Å². The Morgan fingerprint density at radius 2 is 2.10 bits per heavy atom. The molecule has 1 fully saturated rings. The molecule has 0 spiro atoms. The Hall–Kier alpha value is -1.16. The number of anilines is 1. The molecule has 1 aromatic heterocycles. The lowest BCUT2D eigenvalue weighted by molar-refractivity contribution is 0.220. The predicted molar refractivity (Wildman–Crippen MR) is 89.1 cm³/mol. The quantitative estimate of drug-likeness (QED) is 0.848. The van der Waals surface area contributed by atoms with Crippen molar-refractivity contribution in [2.24, 2.45) is 17.1 Å². The van der Waals surface area contributed by atoms with Crippen molar-refractivity contribution in [2.75, 3.05) is 18.0 Å². The normalized spacial score (nSPS) is 20.6. The second-order valence-corrected chi connectivity index (χ2v) is 7.16. The van der Waals surface area contributed by atoms with E-state index in [0.29, 0.717) is 10.4 Å². The third kappa shape index (κ3) is 3.48. The van der Waals surface area contributed by atoms with Gasteiger partial charge in [-0.25, -0.2) is 0 Å². The van der Waals surface area contributed by atoms with Gasteiger partial charge in [0.15, 0.2) is 0 Å². The fourth-order valence-electron chi connectivity index (χ4n) is 3.05. The lowest BCUT2D eigenvalue weighted by Crippen LogP contribution is -2.28. The fraction of sp³-hybridized carbons (Fsp3) is 0.625. The molecule has 1 aliphatic rings. The van der Waals surface area contributed by atoms with Crippen LogP contribution in [0.15, 0.2) is 18.3 Å². The van der Waals surface area contributed by atoms with Crippen molar-refractivity contribution in [1.82, 2.24) is 4.98 Å². The van der Waals surface area contributed by atoms with Gasteiger partial charge in [-0.1, -0.05) is 33.0 Å². The van der Waals surface area contributed by atoms with Gasteiger partial charge in [-0.2, -0.15) is 0 Å². The average Bonchev–Trinajstić information content (AvgIpc) is 2.63. The van der Waals surface area contributed by atoms with Crippen LogP contribution in [0.2, 0.25) is 0 Å². The van der Waals surface area contributed by atoms with Crippen molar-refractivity contribution in [3.8, 4) is 0 Å². The first-order chi connectivity index (χ1) is 9.39. The minimum absolute atomic E-state index is 0.386. The van der Waals surface area contributed by atoms with Crippen LogP contribution in [0, 0.1) is 11.3 Å². The van der Waals surface area contributed by atoms with Crippen LogP contribution < -0.4 is 10.6 Å². The summed E-state index contributed by atoms with van der Waals surface area (Å²) in [6, 6.07) is 4.04. The predicted octanol–water partition coefficient (Wildman–Crippen LogP) is 3.37. The number of rotatable bonds is 2. The largest absolute Gasteiger partial charge is 0.388 e. The monoisotopic (exact) mass is 291 g/mol. The maximum absolute atomic E-state index is 5.80. The molecule has 4 heteroatoms. The molecule has 2 N–H and O–H groups in total. The van der Waals surface area contributed by atoms with Crippen molar-refractivity contribution < 1.29 is 0 Å². The Bertz CT molecular complexity index is 479. The van der Waals surface area contributed by atoms with Gasteiger partial charge in [0.1, 0.15) is 10.7 Å². The van der Waals surface area contributed by atoms with E-state index in [1.54, 1.807) is 6.20 Å². The molecule has 1 aromatic rings. The molecule has 0 aliphatic carbocycles. The third-order valence-corrected chi connectivity index (χ3v) is 4.51. The van der Waals surface area contributed by atoms with Gasteiger partial charge < -0.3 is 10.6 Å². The zero-order valence-corrected chi connectivity index (χ0v) is 13.5. The fourth-order valence-corrected chi connectivity index (χ4v) is 3.20. The molecule has 2 heterocycles. The molecule has 0 aromatic carbocycles. The van der Waals surface area contributed by atoms with E-state index in [4.69, 9.17) is 18.0 Å². The molecule has 2 rings (SSSR count). The van der Waals surface area contributed by atoms with E-state index in [1.165, 1.54) is 19.3 Å². The minimum Gasteiger partial charge on any atom is -0.388 e. The van der Waals surface area contributed by atoms with Crippen LogP contribution in [0.25, 0.3) is 0 Å². The van der Waals surface area contributed by atoms with E-state index >= 15 is 0 Å². The van der Waals surface area contributed by atoms with Crippen molar-refractivity contribution in [3.05, 3.63) is 24.0 Å². The highest BCUT2D eigenvalue weighted by molar-refractivity contribution is 7.80. The Balaban J connectivity index is 2.17. The van der Waals surface area contributed by atoms with Crippen molar-refractivity contribution in [3.63, 3.8) is 0 Å². The molecule has 1 saturated heterocycles. The summed E-state index contributed by atoms with van der Waals surface area (Å²) < 4.78 is 0.